The molecule has 0 saturated carbocycles. The first-order valence-electron chi connectivity index (χ1n) is 6.51. The van der Waals surface area contributed by atoms with Crippen LogP contribution in [0, 0.1) is 0 Å². The molecule has 0 aromatic rings. The van der Waals surface area contributed by atoms with E-state index in [2.05, 4.69) is 19.2 Å². The lowest BCUT2D eigenvalue weighted by molar-refractivity contribution is -0.142. The number of carboxylic acids is 1. The minimum atomic E-state index is -0.943. The van der Waals surface area contributed by atoms with E-state index in [0.29, 0.717) is 6.42 Å². The number of carboxylic acid groups (broad SMARTS) is 1. The summed E-state index contributed by atoms with van der Waals surface area (Å²) < 4.78 is 0. The van der Waals surface area contributed by atoms with Crippen LogP contribution in [0.2, 0.25) is 0 Å². The van der Waals surface area contributed by atoms with Crippen LogP contribution in [-0.4, -0.2) is 34.0 Å². The molecule has 0 radical (unpaired) electrons. The van der Waals surface area contributed by atoms with Crippen molar-refractivity contribution < 1.29 is 14.7 Å². The lowest BCUT2D eigenvalue weighted by atomic mass is 9.97. The second-order valence-electron chi connectivity index (χ2n) is 4.63. The largest absolute Gasteiger partial charge is 0.481 e. The highest BCUT2D eigenvalue weighted by atomic mass is 16.4. The predicted octanol–water partition coefficient (Wildman–Crippen LogP) is 2.53. The molecule has 0 saturated heterocycles. The molecule has 1 heterocycles. The molecule has 0 unspecified atom stereocenters. The molecule has 104 valence electrons. The zero-order valence-electron chi connectivity index (χ0n) is 11.1. The molecule has 1 amide bonds. The van der Waals surface area contributed by atoms with Crippen molar-refractivity contribution in [2.45, 2.75) is 44.2 Å². The van der Waals surface area contributed by atoms with Crippen molar-refractivity contribution in [3.8, 4) is 0 Å². The minimum Gasteiger partial charge on any atom is -0.481 e. The molecule has 0 aromatic heterocycles. The maximum absolute atomic E-state index is 12.2. The third-order valence-corrected chi connectivity index (χ3v) is 3.20. The summed E-state index contributed by atoms with van der Waals surface area (Å²) in [6, 6.07) is 0.0613. The van der Waals surface area contributed by atoms with Gasteiger partial charge < -0.3 is 10.0 Å². The molecule has 0 spiro atoms. The van der Waals surface area contributed by atoms with Gasteiger partial charge in [-0.15, -0.1) is 13.2 Å². The topological polar surface area (TPSA) is 57.6 Å². The average Bonchev–Trinajstić information content (AvgIpc) is 2.37. The Labute approximate surface area is 114 Å². The van der Waals surface area contributed by atoms with Crippen molar-refractivity contribution in [3.63, 3.8) is 0 Å². The van der Waals surface area contributed by atoms with Crippen LogP contribution in [0.3, 0.4) is 0 Å². The molecule has 0 aliphatic carbocycles. The Balaban J connectivity index is 2.81. The van der Waals surface area contributed by atoms with Crippen LogP contribution in [0.1, 0.15) is 32.1 Å². The summed E-state index contributed by atoms with van der Waals surface area (Å²) in [5.74, 6) is -1.05. The molecule has 4 heteroatoms. The molecule has 0 fully saturated rings. The number of carbonyl (C=O) groups excluding carboxylic acids is 1. The zero-order chi connectivity index (χ0) is 14.3. The van der Waals surface area contributed by atoms with Gasteiger partial charge in [-0.05, 0) is 19.3 Å². The van der Waals surface area contributed by atoms with Gasteiger partial charge in [0, 0.05) is 12.5 Å². The van der Waals surface area contributed by atoms with Crippen LogP contribution in [0.4, 0.5) is 0 Å². The number of hydrogen-bond donors (Lipinski definition) is 1. The maximum atomic E-state index is 12.2. The molecular formula is C15H21NO3. The van der Waals surface area contributed by atoms with E-state index in [4.69, 9.17) is 5.11 Å². The monoisotopic (exact) mass is 263 g/mol. The smallest absolute Gasteiger partial charge is 0.303 e. The second kappa shape index (κ2) is 7.56. The number of hydrogen-bond acceptors (Lipinski definition) is 2. The normalized spacial score (nSPS) is 22.0. The summed E-state index contributed by atoms with van der Waals surface area (Å²) in [5.41, 5.74) is 0. The molecule has 2 atom stereocenters. The molecule has 19 heavy (non-hydrogen) atoms. The molecule has 1 aliphatic heterocycles. The Morgan fingerprint density at radius 2 is 1.95 bits per heavy atom. The summed E-state index contributed by atoms with van der Waals surface area (Å²) >= 11 is 0. The van der Waals surface area contributed by atoms with Crippen molar-refractivity contribution >= 4 is 11.9 Å². The quantitative estimate of drug-likeness (QED) is 0.718. The molecule has 1 rings (SSSR count). The van der Waals surface area contributed by atoms with E-state index in [1.165, 1.54) is 0 Å². The first kappa shape index (κ1) is 15.2. The highest BCUT2D eigenvalue weighted by Crippen LogP contribution is 2.23. The standard InChI is InChI=1S/C15H21NO3/c1-3-6-12-8-5-9-13(7-4-2)16(12)14(17)10-11-15(18)19/h3-5,8,12-13H,1-2,6-7,9-11H2,(H,18,19)/t12-,13+/m1/s1. The van der Waals surface area contributed by atoms with Gasteiger partial charge in [-0.3, -0.25) is 9.59 Å². The van der Waals surface area contributed by atoms with Gasteiger partial charge in [-0.1, -0.05) is 24.3 Å². The van der Waals surface area contributed by atoms with Gasteiger partial charge in [-0.25, -0.2) is 0 Å². The second-order valence-corrected chi connectivity index (χ2v) is 4.63. The van der Waals surface area contributed by atoms with E-state index >= 15 is 0 Å². The fraction of sp³-hybridized carbons (Fsp3) is 0.467. The van der Waals surface area contributed by atoms with E-state index in [0.717, 1.165) is 12.8 Å². The van der Waals surface area contributed by atoms with E-state index in [1.807, 2.05) is 6.08 Å². The summed E-state index contributed by atoms with van der Waals surface area (Å²) in [7, 11) is 0. The Hall–Kier alpha value is -1.84. The van der Waals surface area contributed by atoms with Gasteiger partial charge in [0.15, 0.2) is 0 Å². The fourth-order valence-electron chi connectivity index (χ4n) is 2.37. The predicted molar refractivity (Wildman–Crippen MR) is 74.7 cm³/mol. The summed E-state index contributed by atoms with van der Waals surface area (Å²) in [6.07, 6.45) is 9.77. The van der Waals surface area contributed by atoms with E-state index in [1.54, 1.807) is 17.1 Å². The summed E-state index contributed by atoms with van der Waals surface area (Å²) in [4.78, 5) is 24.6. The van der Waals surface area contributed by atoms with Crippen LogP contribution in [0.25, 0.3) is 0 Å². The van der Waals surface area contributed by atoms with E-state index in [-0.39, 0.29) is 30.8 Å². The van der Waals surface area contributed by atoms with Gasteiger partial charge >= 0.3 is 5.97 Å². The van der Waals surface area contributed by atoms with Crippen LogP contribution in [-0.2, 0) is 9.59 Å². The van der Waals surface area contributed by atoms with Crippen molar-refractivity contribution in [3.05, 3.63) is 37.5 Å². The Morgan fingerprint density at radius 3 is 2.53 bits per heavy atom. The third-order valence-electron chi connectivity index (χ3n) is 3.20. The van der Waals surface area contributed by atoms with Crippen molar-refractivity contribution in [2.75, 3.05) is 0 Å². The van der Waals surface area contributed by atoms with Gasteiger partial charge in [0.2, 0.25) is 5.91 Å². The number of carbonyl (C=O) groups is 2. The number of amides is 1. The highest BCUT2D eigenvalue weighted by molar-refractivity contribution is 5.81. The zero-order valence-corrected chi connectivity index (χ0v) is 11.1. The van der Waals surface area contributed by atoms with Gasteiger partial charge in [0.25, 0.3) is 0 Å². The molecular weight excluding hydrogens is 242 g/mol. The van der Waals surface area contributed by atoms with Crippen molar-refractivity contribution in [2.24, 2.45) is 0 Å². The molecule has 0 aromatic carbocycles. The maximum Gasteiger partial charge on any atom is 0.303 e. The lowest BCUT2D eigenvalue weighted by Crippen LogP contribution is -2.48. The van der Waals surface area contributed by atoms with Crippen LogP contribution in [0.5, 0.6) is 0 Å². The minimum absolute atomic E-state index is 0.0162. The molecule has 1 N–H and O–H groups in total. The summed E-state index contributed by atoms with van der Waals surface area (Å²) in [5, 5.41) is 8.68. The highest BCUT2D eigenvalue weighted by Gasteiger charge is 2.29. The first-order valence-corrected chi connectivity index (χ1v) is 6.51. The fourth-order valence-corrected chi connectivity index (χ4v) is 2.37. The van der Waals surface area contributed by atoms with Crippen LogP contribution >= 0.6 is 0 Å². The SMILES string of the molecule is C=CC[C@H]1CC=C[C@@H](CC=C)N1C(=O)CCC(=O)O. The lowest BCUT2D eigenvalue weighted by Gasteiger charge is -2.39. The van der Waals surface area contributed by atoms with Gasteiger partial charge in [-0.2, -0.15) is 0 Å². The number of rotatable bonds is 7. The van der Waals surface area contributed by atoms with Gasteiger partial charge in [0.05, 0.1) is 12.5 Å². The Morgan fingerprint density at radius 1 is 1.26 bits per heavy atom. The van der Waals surface area contributed by atoms with Crippen molar-refractivity contribution in [1.29, 1.82) is 0 Å². The molecule has 4 nitrogen and oxygen atoms in total. The van der Waals surface area contributed by atoms with Crippen LogP contribution in [0.15, 0.2) is 37.5 Å². The number of aliphatic carboxylic acids is 1. The average molecular weight is 263 g/mol. The third kappa shape index (κ3) is 4.39. The number of nitrogens with zero attached hydrogens (tertiary/aromatic N) is 1. The Bertz CT molecular complexity index is 387. The van der Waals surface area contributed by atoms with E-state index in [9.17, 15) is 9.59 Å². The van der Waals surface area contributed by atoms with Crippen molar-refractivity contribution in [1.82, 2.24) is 4.90 Å². The molecule has 1 aliphatic rings. The van der Waals surface area contributed by atoms with E-state index < -0.39 is 5.97 Å². The van der Waals surface area contributed by atoms with Crippen LogP contribution < -0.4 is 0 Å². The first-order chi connectivity index (χ1) is 9.10. The Kier molecular flexibility index (Phi) is 6.06. The summed E-state index contributed by atoms with van der Waals surface area (Å²) in [6.45, 7) is 7.43. The molecule has 0 bridgehead atoms. The van der Waals surface area contributed by atoms with Gasteiger partial charge in [0.1, 0.15) is 0 Å².